The maximum Gasteiger partial charge on any atom is 0.573 e. The summed E-state index contributed by atoms with van der Waals surface area (Å²) in [5.74, 6) is -2.51. The van der Waals surface area contributed by atoms with Gasteiger partial charge in [0.05, 0.1) is 5.69 Å². The van der Waals surface area contributed by atoms with Gasteiger partial charge < -0.3 is 19.5 Å². The number of nitrogens with one attached hydrogen (secondary N) is 1. The van der Waals surface area contributed by atoms with Gasteiger partial charge >= 0.3 is 6.36 Å². The van der Waals surface area contributed by atoms with Crippen LogP contribution in [0.2, 0.25) is 0 Å². The van der Waals surface area contributed by atoms with Crippen molar-refractivity contribution in [3.05, 3.63) is 42.2 Å². The van der Waals surface area contributed by atoms with E-state index in [1.807, 2.05) is 0 Å². The summed E-state index contributed by atoms with van der Waals surface area (Å²) in [6, 6.07) is 8.03. The highest BCUT2D eigenvalue weighted by atomic mass is 31.2. The molecule has 0 spiro atoms. The third kappa shape index (κ3) is 6.32. The zero-order chi connectivity index (χ0) is 24.1. The van der Waals surface area contributed by atoms with E-state index in [1.54, 1.807) is 13.0 Å². The molecule has 0 radical (unpaired) electrons. The van der Waals surface area contributed by atoms with Gasteiger partial charge in [0.15, 0.2) is 11.6 Å². The van der Waals surface area contributed by atoms with E-state index in [4.69, 9.17) is 0 Å². The molecule has 2 aromatic carbocycles. The summed E-state index contributed by atoms with van der Waals surface area (Å²) in [6.45, 7) is 4.48. The van der Waals surface area contributed by atoms with E-state index in [9.17, 15) is 27.3 Å². The minimum absolute atomic E-state index is 0.0665. The van der Waals surface area contributed by atoms with Gasteiger partial charge in [-0.15, -0.1) is 13.2 Å². The highest BCUT2D eigenvalue weighted by molar-refractivity contribution is 7.70. The van der Waals surface area contributed by atoms with Crippen LogP contribution in [0.5, 0.6) is 5.75 Å². The van der Waals surface area contributed by atoms with Crippen LogP contribution in [0.25, 0.3) is 11.1 Å². The number of carbonyl (C=O) groups is 2. The number of carbonyl (C=O) groups excluding carboxylic acids is 2. The number of nitrogens with zero attached hydrogens (tertiary/aromatic N) is 1. The van der Waals surface area contributed by atoms with E-state index < -0.39 is 30.8 Å². The Morgan fingerprint density at radius 1 is 1.12 bits per heavy atom. The first-order valence-electron chi connectivity index (χ1n) is 9.54. The number of halogens is 4. The van der Waals surface area contributed by atoms with Crippen molar-refractivity contribution in [3.63, 3.8) is 0 Å². The van der Waals surface area contributed by atoms with Gasteiger partial charge in [0, 0.05) is 23.5 Å². The number of anilines is 1. The van der Waals surface area contributed by atoms with Crippen LogP contribution in [-0.4, -0.2) is 45.1 Å². The first kappa shape index (κ1) is 25.4. The number of rotatable bonds is 10. The molecule has 0 heterocycles. The lowest BCUT2D eigenvalue weighted by Crippen LogP contribution is -2.32. The number of hydrogen-bond donors (Lipinski definition) is 1. The maximum absolute atomic E-state index is 15.3. The lowest BCUT2D eigenvalue weighted by atomic mass is 10.0. The van der Waals surface area contributed by atoms with Crippen molar-refractivity contribution >= 4 is 31.0 Å². The van der Waals surface area contributed by atoms with Crippen LogP contribution in [0.1, 0.15) is 13.3 Å². The Bertz CT molecular complexity index is 1020. The predicted molar refractivity (Wildman–Crippen MR) is 114 cm³/mol. The van der Waals surface area contributed by atoms with Crippen LogP contribution in [0.3, 0.4) is 0 Å². The first-order valence-corrected chi connectivity index (χ1v) is 12.1. The summed E-state index contributed by atoms with van der Waals surface area (Å²) in [5, 5.41) is 2.73. The van der Waals surface area contributed by atoms with Gasteiger partial charge in [-0.05, 0) is 44.4 Å². The van der Waals surface area contributed by atoms with Gasteiger partial charge in [0.2, 0.25) is 12.8 Å². The smallest absolute Gasteiger partial charge is 0.402 e. The van der Waals surface area contributed by atoms with Crippen LogP contribution in [0.15, 0.2) is 36.4 Å². The van der Waals surface area contributed by atoms with Crippen LogP contribution < -0.4 is 20.3 Å². The quantitative estimate of drug-likeness (QED) is 0.319. The van der Waals surface area contributed by atoms with Gasteiger partial charge in [-0.25, -0.2) is 4.39 Å². The third-order valence-electron chi connectivity index (χ3n) is 4.66. The molecule has 2 amide bonds. The lowest BCUT2D eigenvalue weighted by molar-refractivity contribution is -0.275. The van der Waals surface area contributed by atoms with Crippen molar-refractivity contribution in [2.24, 2.45) is 0 Å². The average Bonchev–Trinajstić information content (AvgIpc) is 2.69. The standard InChI is InChI=1S/C21H23F4N2O4P/c1-14(26-12-28)10-11-27(13-29)17-9-8-16(20(19(17)22)31-21(23,24)25)15-6-4-5-7-18(15)32(2,3)30/h4-9,12-14H,10-11H2,1-3H3,(H,26,28). The second-order valence-electron chi connectivity index (χ2n) is 7.46. The number of benzene rings is 2. The molecule has 1 N–H and O–H groups in total. The SMILES string of the molecule is CC(CCN(C=O)c1ccc(-c2ccccc2P(C)(C)=O)c(OC(F)(F)F)c1F)NC=O. The summed E-state index contributed by atoms with van der Waals surface area (Å²) in [5.41, 5.74) is -0.535. The van der Waals surface area contributed by atoms with Crippen molar-refractivity contribution in [2.45, 2.75) is 25.7 Å². The minimum atomic E-state index is -5.21. The highest BCUT2D eigenvalue weighted by Crippen LogP contribution is 2.44. The zero-order valence-electron chi connectivity index (χ0n) is 17.6. The molecule has 6 nitrogen and oxygen atoms in total. The Hall–Kier alpha value is -2.87. The van der Waals surface area contributed by atoms with E-state index in [0.717, 1.165) is 11.0 Å². The van der Waals surface area contributed by atoms with E-state index in [-0.39, 0.29) is 41.8 Å². The van der Waals surface area contributed by atoms with Crippen LogP contribution in [-0.2, 0) is 14.2 Å². The van der Waals surface area contributed by atoms with Gasteiger partial charge in [0.25, 0.3) is 0 Å². The van der Waals surface area contributed by atoms with Gasteiger partial charge in [-0.1, -0.05) is 24.3 Å². The molecule has 2 aromatic rings. The fourth-order valence-electron chi connectivity index (χ4n) is 3.13. The molecule has 32 heavy (non-hydrogen) atoms. The molecule has 0 aromatic heterocycles. The molecule has 2 rings (SSSR count). The zero-order valence-corrected chi connectivity index (χ0v) is 18.5. The highest BCUT2D eigenvalue weighted by Gasteiger charge is 2.35. The minimum Gasteiger partial charge on any atom is -0.402 e. The second kappa shape index (κ2) is 10.2. The molecule has 0 aliphatic heterocycles. The van der Waals surface area contributed by atoms with Crippen molar-refractivity contribution in [1.29, 1.82) is 0 Å². The Balaban J connectivity index is 2.62. The molecular weight excluding hydrogens is 451 g/mol. The van der Waals surface area contributed by atoms with Crippen LogP contribution in [0, 0.1) is 5.82 Å². The second-order valence-corrected chi connectivity index (χ2v) is 10.6. The molecule has 174 valence electrons. The summed E-state index contributed by atoms with van der Waals surface area (Å²) >= 11 is 0. The Kier molecular flexibility index (Phi) is 8.07. The summed E-state index contributed by atoms with van der Waals surface area (Å²) in [7, 11) is -2.93. The fourth-order valence-corrected chi connectivity index (χ4v) is 4.35. The summed E-state index contributed by atoms with van der Waals surface area (Å²) < 4.78 is 71.4. The number of ether oxygens (including phenoxy) is 1. The third-order valence-corrected chi connectivity index (χ3v) is 6.21. The molecule has 0 aliphatic rings. The van der Waals surface area contributed by atoms with Crippen molar-refractivity contribution < 1.29 is 36.5 Å². The molecule has 0 fully saturated rings. The fraction of sp³-hybridized carbons (Fsp3) is 0.333. The van der Waals surface area contributed by atoms with Crippen molar-refractivity contribution in [1.82, 2.24) is 5.32 Å². The Morgan fingerprint density at radius 2 is 1.78 bits per heavy atom. The van der Waals surface area contributed by atoms with Gasteiger partial charge in [0.1, 0.15) is 7.14 Å². The molecule has 0 saturated heterocycles. The number of alkyl halides is 3. The molecule has 0 aliphatic carbocycles. The van der Waals surface area contributed by atoms with E-state index >= 15 is 4.39 Å². The monoisotopic (exact) mass is 474 g/mol. The lowest BCUT2D eigenvalue weighted by Gasteiger charge is -2.24. The van der Waals surface area contributed by atoms with Crippen LogP contribution in [0.4, 0.5) is 23.2 Å². The molecule has 0 saturated carbocycles. The van der Waals surface area contributed by atoms with Crippen molar-refractivity contribution in [3.8, 4) is 16.9 Å². The number of hydrogen-bond acceptors (Lipinski definition) is 4. The maximum atomic E-state index is 15.3. The summed E-state index contributed by atoms with van der Waals surface area (Å²) in [6.07, 6.45) is -4.23. The predicted octanol–water partition coefficient (Wildman–Crippen LogP) is 4.13. The van der Waals surface area contributed by atoms with E-state index in [0.29, 0.717) is 6.41 Å². The number of amides is 2. The molecule has 1 atom stereocenters. The average molecular weight is 474 g/mol. The van der Waals surface area contributed by atoms with E-state index in [2.05, 4.69) is 10.1 Å². The van der Waals surface area contributed by atoms with Crippen LogP contribution >= 0.6 is 7.14 Å². The van der Waals surface area contributed by atoms with Gasteiger partial charge in [-0.2, -0.15) is 0 Å². The topological polar surface area (TPSA) is 75.7 Å². The first-order chi connectivity index (χ1) is 14.9. The molecule has 1 unspecified atom stereocenters. The van der Waals surface area contributed by atoms with Gasteiger partial charge in [-0.3, -0.25) is 9.59 Å². The molecular formula is C21H23F4N2O4P. The van der Waals surface area contributed by atoms with E-state index in [1.165, 1.54) is 37.6 Å². The molecule has 0 bridgehead atoms. The van der Waals surface area contributed by atoms with Crippen molar-refractivity contribution in [2.75, 3.05) is 24.8 Å². The Morgan fingerprint density at radius 3 is 2.34 bits per heavy atom. The molecule has 11 heteroatoms. The largest absolute Gasteiger partial charge is 0.573 e. The Labute approximate surface area is 182 Å². The summed E-state index contributed by atoms with van der Waals surface area (Å²) in [4.78, 5) is 22.9. The normalized spacial score (nSPS) is 12.7.